The third kappa shape index (κ3) is 2.80. The molecule has 0 radical (unpaired) electrons. The molecule has 6 heteroatoms. The van der Waals surface area contributed by atoms with Crippen molar-refractivity contribution in [1.29, 1.82) is 0 Å². The fraction of sp³-hybridized carbons (Fsp3) is 0.167. The lowest BCUT2D eigenvalue weighted by molar-refractivity contribution is 0.0685. The smallest absolute Gasteiger partial charge is 0.424 e. The van der Waals surface area contributed by atoms with Crippen LogP contribution in [-0.2, 0) is 4.74 Å². The first-order valence-electron chi connectivity index (χ1n) is 9.74. The molecule has 6 nitrogen and oxygen atoms in total. The normalized spacial score (nSPS) is 18.0. The molecule has 0 aliphatic carbocycles. The van der Waals surface area contributed by atoms with Crippen molar-refractivity contribution in [2.75, 3.05) is 4.90 Å². The van der Waals surface area contributed by atoms with Crippen molar-refractivity contribution in [2.24, 2.45) is 0 Å². The summed E-state index contributed by atoms with van der Waals surface area (Å²) in [5.41, 5.74) is 2.89. The Kier molecular flexibility index (Phi) is 4.03. The van der Waals surface area contributed by atoms with Gasteiger partial charge in [-0.05, 0) is 55.8 Å². The number of oxazole rings is 1. The zero-order valence-electron chi connectivity index (χ0n) is 16.6. The van der Waals surface area contributed by atoms with Gasteiger partial charge in [0.15, 0.2) is 5.58 Å². The molecule has 30 heavy (non-hydrogen) atoms. The summed E-state index contributed by atoms with van der Waals surface area (Å²) in [5, 5.41) is 0. The first-order chi connectivity index (χ1) is 14.5. The molecule has 1 unspecified atom stereocenters. The molecular weight excluding hydrogens is 380 g/mol. The number of benzene rings is 3. The van der Waals surface area contributed by atoms with Crippen LogP contribution < -0.4 is 10.7 Å². The SMILES string of the molecule is CC1(C)OC(=O)N(c2ccc(-n3c(=O)oc4ccccc43)cc2)C1c1ccccc1. The first kappa shape index (κ1) is 18.2. The standard InChI is InChI=1S/C24H20N2O4/c1-24(2)21(16-8-4-3-5-9-16)26(23(28)30-24)18-14-12-17(13-15-18)25-19-10-6-7-11-20(19)29-22(25)27/h3-15,21H,1-2H3. The Hall–Kier alpha value is -3.80. The van der Waals surface area contributed by atoms with Gasteiger partial charge < -0.3 is 9.15 Å². The van der Waals surface area contributed by atoms with Crippen LogP contribution in [0.4, 0.5) is 10.5 Å². The molecular formula is C24H20N2O4. The number of hydrogen-bond acceptors (Lipinski definition) is 4. The molecule has 0 bridgehead atoms. The zero-order chi connectivity index (χ0) is 20.9. The van der Waals surface area contributed by atoms with E-state index >= 15 is 0 Å². The lowest BCUT2D eigenvalue weighted by atomic mass is 9.91. The maximum Gasteiger partial charge on any atom is 0.424 e. The Morgan fingerprint density at radius 2 is 1.43 bits per heavy atom. The molecule has 4 aromatic rings. The van der Waals surface area contributed by atoms with Gasteiger partial charge in [-0.25, -0.2) is 14.2 Å². The average molecular weight is 400 g/mol. The number of anilines is 1. The highest BCUT2D eigenvalue weighted by atomic mass is 16.6. The van der Waals surface area contributed by atoms with Gasteiger partial charge in [0.25, 0.3) is 0 Å². The lowest BCUT2D eigenvalue weighted by Gasteiger charge is -2.29. The summed E-state index contributed by atoms with van der Waals surface area (Å²) in [5.74, 6) is -0.451. The number of carbonyl (C=O) groups is 1. The highest BCUT2D eigenvalue weighted by molar-refractivity contribution is 5.91. The van der Waals surface area contributed by atoms with Crippen LogP contribution in [0.15, 0.2) is 88.1 Å². The Morgan fingerprint density at radius 1 is 0.800 bits per heavy atom. The monoisotopic (exact) mass is 400 g/mol. The minimum Gasteiger partial charge on any atom is -0.441 e. The molecule has 5 rings (SSSR count). The van der Waals surface area contributed by atoms with E-state index in [0.717, 1.165) is 5.56 Å². The molecule has 0 saturated carbocycles. The van der Waals surface area contributed by atoms with E-state index in [4.69, 9.17) is 9.15 Å². The van der Waals surface area contributed by atoms with E-state index in [9.17, 15) is 9.59 Å². The van der Waals surface area contributed by atoms with E-state index in [1.807, 2.05) is 74.5 Å². The molecule has 150 valence electrons. The maximum absolute atomic E-state index is 12.8. The van der Waals surface area contributed by atoms with E-state index in [0.29, 0.717) is 22.5 Å². The number of fused-ring (bicyclic) bond motifs is 1. The van der Waals surface area contributed by atoms with Crippen molar-refractivity contribution in [3.8, 4) is 5.69 Å². The van der Waals surface area contributed by atoms with Crippen molar-refractivity contribution < 1.29 is 13.9 Å². The van der Waals surface area contributed by atoms with E-state index in [1.165, 1.54) is 4.57 Å². The number of amides is 1. The topological polar surface area (TPSA) is 64.7 Å². The van der Waals surface area contributed by atoms with Gasteiger partial charge in [-0.1, -0.05) is 42.5 Å². The van der Waals surface area contributed by atoms with Crippen LogP contribution in [0, 0.1) is 0 Å². The van der Waals surface area contributed by atoms with E-state index in [1.54, 1.807) is 23.1 Å². The van der Waals surface area contributed by atoms with Crippen molar-refractivity contribution >= 4 is 22.9 Å². The molecule has 3 aromatic carbocycles. The van der Waals surface area contributed by atoms with Gasteiger partial charge in [-0.15, -0.1) is 0 Å². The Labute approximate surface area is 172 Å². The molecule has 1 saturated heterocycles. The second-order valence-electron chi connectivity index (χ2n) is 7.84. The molecule has 2 heterocycles. The molecule has 0 spiro atoms. The fourth-order valence-corrected chi connectivity index (χ4v) is 4.16. The zero-order valence-corrected chi connectivity index (χ0v) is 16.6. The lowest BCUT2D eigenvalue weighted by Crippen LogP contribution is -2.33. The van der Waals surface area contributed by atoms with Crippen LogP contribution in [-0.4, -0.2) is 16.3 Å². The third-order valence-corrected chi connectivity index (χ3v) is 5.45. The number of nitrogens with zero attached hydrogens (tertiary/aromatic N) is 2. The van der Waals surface area contributed by atoms with Crippen molar-refractivity contribution in [2.45, 2.75) is 25.5 Å². The largest absolute Gasteiger partial charge is 0.441 e. The minimum absolute atomic E-state index is 0.269. The highest BCUT2D eigenvalue weighted by Crippen LogP contribution is 2.43. The second kappa shape index (κ2) is 6.62. The number of cyclic esters (lactones) is 1. The summed E-state index contributed by atoms with van der Waals surface area (Å²) >= 11 is 0. The van der Waals surface area contributed by atoms with Crippen LogP contribution in [0.2, 0.25) is 0 Å². The molecule has 1 aliphatic rings. The predicted molar refractivity (Wildman–Crippen MR) is 114 cm³/mol. The van der Waals surface area contributed by atoms with Gasteiger partial charge in [0, 0.05) is 5.69 Å². The summed E-state index contributed by atoms with van der Waals surface area (Å²) < 4.78 is 12.5. The Morgan fingerprint density at radius 3 is 2.17 bits per heavy atom. The maximum atomic E-state index is 12.8. The highest BCUT2D eigenvalue weighted by Gasteiger charge is 2.49. The number of carbonyl (C=O) groups excluding carboxylic acids is 1. The van der Waals surface area contributed by atoms with Crippen LogP contribution >= 0.6 is 0 Å². The Bertz CT molecular complexity index is 1290. The van der Waals surface area contributed by atoms with Crippen molar-refractivity contribution in [3.05, 3.63) is 95.0 Å². The second-order valence-corrected chi connectivity index (χ2v) is 7.84. The summed E-state index contributed by atoms with van der Waals surface area (Å²) in [4.78, 5) is 26.8. The van der Waals surface area contributed by atoms with E-state index in [-0.39, 0.29) is 6.04 Å². The molecule has 1 atom stereocenters. The summed E-state index contributed by atoms with van der Waals surface area (Å²) in [7, 11) is 0. The quantitative estimate of drug-likeness (QED) is 0.482. The third-order valence-electron chi connectivity index (χ3n) is 5.45. The van der Waals surface area contributed by atoms with Crippen LogP contribution in [0.25, 0.3) is 16.8 Å². The van der Waals surface area contributed by atoms with Gasteiger partial charge in [-0.3, -0.25) is 4.90 Å². The molecule has 1 fully saturated rings. The predicted octanol–water partition coefficient (Wildman–Crippen LogP) is 5.06. The van der Waals surface area contributed by atoms with Crippen LogP contribution in [0.5, 0.6) is 0 Å². The number of aromatic nitrogens is 1. The first-order valence-corrected chi connectivity index (χ1v) is 9.74. The van der Waals surface area contributed by atoms with Crippen LogP contribution in [0.3, 0.4) is 0 Å². The van der Waals surface area contributed by atoms with E-state index < -0.39 is 17.5 Å². The summed E-state index contributed by atoms with van der Waals surface area (Å²) in [6, 6.07) is 24.1. The minimum atomic E-state index is -0.686. The van der Waals surface area contributed by atoms with Gasteiger partial charge in [-0.2, -0.15) is 0 Å². The van der Waals surface area contributed by atoms with E-state index in [2.05, 4.69) is 0 Å². The molecule has 0 N–H and O–H groups in total. The van der Waals surface area contributed by atoms with Gasteiger partial charge >= 0.3 is 11.8 Å². The van der Waals surface area contributed by atoms with Gasteiger partial charge in [0.05, 0.1) is 11.2 Å². The Balaban J connectivity index is 1.57. The fourth-order valence-electron chi connectivity index (χ4n) is 4.16. The number of hydrogen-bond donors (Lipinski definition) is 0. The summed E-state index contributed by atoms with van der Waals surface area (Å²) in [6.45, 7) is 3.82. The van der Waals surface area contributed by atoms with Crippen molar-refractivity contribution in [1.82, 2.24) is 4.57 Å². The van der Waals surface area contributed by atoms with Crippen molar-refractivity contribution in [3.63, 3.8) is 0 Å². The number of rotatable bonds is 3. The average Bonchev–Trinajstić information content (AvgIpc) is 3.20. The molecule has 1 amide bonds. The van der Waals surface area contributed by atoms with Crippen LogP contribution in [0.1, 0.15) is 25.5 Å². The number of para-hydroxylation sites is 2. The number of ether oxygens (including phenoxy) is 1. The molecule has 1 aromatic heterocycles. The molecule has 1 aliphatic heterocycles. The van der Waals surface area contributed by atoms with Gasteiger partial charge in [0.1, 0.15) is 11.6 Å². The summed E-state index contributed by atoms with van der Waals surface area (Å²) in [6.07, 6.45) is -0.396. The van der Waals surface area contributed by atoms with Gasteiger partial charge in [0.2, 0.25) is 0 Å².